The van der Waals surface area contributed by atoms with Crippen LogP contribution in [0.15, 0.2) is 6.20 Å². The molecule has 1 saturated carbocycles. The molecule has 0 spiro atoms. The molecule has 3 nitrogen and oxygen atoms in total. The smallest absolute Gasteiger partial charge is 0.0981 e. The highest BCUT2D eigenvalue weighted by molar-refractivity contribution is 7.11. The van der Waals surface area contributed by atoms with Crippen LogP contribution in [0, 0.1) is 5.41 Å². The minimum absolute atomic E-state index is 0.166. The number of nitrogens with zero attached hydrogens (tertiary/aromatic N) is 1. The highest BCUT2D eigenvalue weighted by atomic mass is 32.1. The molecule has 1 aliphatic carbocycles. The lowest BCUT2D eigenvalue weighted by Crippen LogP contribution is -2.24. The second-order valence-electron chi connectivity index (χ2n) is 6.73. The maximum Gasteiger partial charge on any atom is 0.0981 e. The van der Waals surface area contributed by atoms with E-state index in [0.29, 0.717) is 5.41 Å². The molecule has 1 aromatic rings. The Kier molecular flexibility index (Phi) is 4.64. The van der Waals surface area contributed by atoms with E-state index in [2.05, 4.69) is 31.1 Å². The third-order valence-corrected chi connectivity index (χ3v) is 5.21. The summed E-state index contributed by atoms with van der Waals surface area (Å²) in [5.41, 5.74) is 0.687. The van der Waals surface area contributed by atoms with Crippen LogP contribution in [0.2, 0.25) is 0 Å². The Morgan fingerprint density at radius 1 is 1.42 bits per heavy atom. The first-order valence-corrected chi connectivity index (χ1v) is 7.92. The molecule has 2 rings (SSSR count). The van der Waals surface area contributed by atoms with Gasteiger partial charge >= 0.3 is 0 Å². The van der Waals surface area contributed by atoms with Crippen molar-refractivity contribution < 1.29 is 4.74 Å². The van der Waals surface area contributed by atoms with E-state index in [1.54, 1.807) is 7.11 Å². The zero-order valence-corrected chi connectivity index (χ0v) is 13.4. The van der Waals surface area contributed by atoms with Gasteiger partial charge in [-0.1, -0.05) is 20.8 Å². The van der Waals surface area contributed by atoms with Crippen LogP contribution in [-0.4, -0.2) is 25.2 Å². The van der Waals surface area contributed by atoms with E-state index < -0.39 is 0 Å². The molecule has 0 radical (unpaired) electrons. The number of hydrogen-bond acceptors (Lipinski definition) is 4. The van der Waals surface area contributed by atoms with Crippen molar-refractivity contribution in [1.29, 1.82) is 0 Å². The average molecular weight is 282 g/mol. The number of hydrogen-bond donors (Lipinski definition) is 1. The number of nitrogens with one attached hydrogen (secondary N) is 1. The number of ether oxygens (including phenoxy) is 1. The molecule has 1 aromatic heterocycles. The van der Waals surface area contributed by atoms with Crippen LogP contribution < -0.4 is 5.32 Å². The molecule has 1 fully saturated rings. The second kappa shape index (κ2) is 5.90. The first kappa shape index (κ1) is 14.9. The summed E-state index contributed by atoms with van der Waals surface area (Å²) >= 11 is 1.83. The molecule has 108 valence electrons. The lowest BCUT2D eigenvalue weighted by Gasteiger charge is -2.15. The second-order valence-corrected chi connectivity index (χ2v) is 7.84. The molecule has 0 aromatic carbocycles. The molecular weight excluding hydrogens is 256 g/mol. The van der Waals surface area contributed by atoms with Crippen molar-refractivity contribution in [2.45, 2.75) is 52.0 Å². The van der Waals surface area contributed by atoms with Gasteiger partial charge in [-0.05, 0) is 24.7 Å². The van der Waals surface area contributed by atoms with Crippen LogP contribution in [-0.2, 0) is 16.7 Å². The number of rotatable bonds is 7. The fourth-order valence-corrected chi connectivity index (χ4v) is 3.14. The van der Waals surface area contributed by atoms with Gasteiger partial charge in [0.15, 0.2) is 0 Å². The van der Waals surface area contributed by atoms with E-state index in [4.69, 9.17) is 4.74 Å². The predicted molar refractivity (Wildman–Crippen MR) is 80.7 cm³/mol. The molecule has 0 atom stereocenters. The summed E-state index contributed by atoms with van der Waals surface area (Å²) in [5, 5.41) is 4.82. The Morgan fingerprint density at radius 3 is 2.68 bits per heavy atom. The van der Waals surface area contributed by atoms with Crippen molar-refractivity contribution in [1.82, 2.24) is 10.3 Å². The van der Waals surface area contributed by atoms with Crippen molar-refractivity contribution in [3.05, 3.63) is 16.1 Å². The molecule has 1 heterocycles. The number of thiazole rings is 1. The molecule has 0 saturated heterocycles. The van der Waals surface area contributed by atoms with E-state index in [1.165, 1.54) is 29.1 Å². The molecule has 0 aliphatic heterocycles. The minimum Gasteiger partial charge on any atom is -0.385 e. The van der Waals surface area contributed by atoms with Crippen LogP contribution >= 0.6 is 11.3 Å². The summed E-state index contributed by atoms with van der Waals surface area (Å²) in [6, 6.07) is 0. The summed E-state index contributed by atoms with van der Waals surface area (Å²) in [6.07, 6.45) is 5.90. The van der Waals surface area contributed by atoms with E-state index >= 15 is 0 Å². The Balaban J connectivity index is 1.76. The zero-order valence-electron chi connectivity index (χ0n) is 12.6. The number of methoxy groups -OCH3 is 1. The van der Waals surface area contributed by atoms with Gasteiger partial charge in [-0.2, -0.15) is 0 Å². The Morgan fingerprint density at radius 2 is 2.16 bits per heavy atom. The lowest BCUT2D eigenvalue weighted by molar-refractivity contribution is 0.171. The molecule has 1 aliphatic rings. The molecular formula is C15H26N2OS. The van der Waals surface area contributed by atoms with Crippen LogP contribution in [0.1, 0.15) is 49.9 Å². The van der Waals surface area contributed by atoms with Gasteiger partial charge < -0.3 is 10.1 Å². The third kappa shape index (κ3) is 4.26. The van der Waals surface area contributed by atoms with E-state index in [1.807, 2.05) is 17.5 Å². The van der Waals surface area contributed by atoms with Gasteiger partial charge in [0, 0.05) is 43.3 Å². The SMILES string of the molecule is COCCC1(CNCc2cnc(C(C)(C)C)s2)CC1. The Labute approximate surface area is 120 Å². The standard InChI is InChI=1S/C15H26N2OS/c1-14(2,3)13-17-10-12(19-13)9-16-11-15(5-6-15)7-8-18-4/h10,16H,5-9,11H2,1-4H3. The van der Waals surface area contributed by atoms with Gasteiger partial charge in [0.25, 0.3) is 0 Å². The normalized spacial score (nSPS) is 17.7. The quantitative estimate of drug-likeness (QED) is 0.833. The van der Waals surface area contributed by atoms with Crippen LogP contribution in [0.4, 0.5) is 0 Å². The van der Waals surface area contributed by atoms with E-state index in [9.17, 15) is 0 Å². The van der Waals surface area contributed by atoms with Crippen LogP contribution in [0.3, 0.4) is 0 Å². The molecule has 0 amide bonds. The fourth-order valence-electron chi connectivity index (χ4n) is 2.20. The van der Waals surface area contributed by atoms with Gasteiger partial charge in [0.1, 0.15) is 0 Å². The van der Waals surface area contributed by atoms with E-state index in [-0.39, 0.29) is 5.41 Å². The number of aromatic nitrogens is 1. The van der Waals surface area contributed by atoms with Crippen molar-refractivity contribution in [3.63, 3.8) is 0 Å². The summed E-state index contributed by atoms with van der Waals surface area (Å²) in [6.45, 7) is 9.59. The summed E-state index contributed by atoms with van der Waals surface area (Å²) in [5.74, 6) is 0. The first-order valence-electron chi connectivity index (χ1n) is 7.10. The summed E-state index contributed by atoms with van der Waals surface area (Å²) < 4.78 is 5.19. The van der Waals surface area contributed by atoms with Crippen LogP contribution in [0.5, 0.6) is 0 Å². The molecule has 4 heteroatoms. The zero-order chi connectivity index (χ0) is 13.9. The topological polar surface area (TPSA) is 34.1 Å². The average Bonchev–Trinajstić information content (AvgIpc) is 2.92. The first-order chi connectivity index (χ1) is 8.95. The Hall–Kier alpha value is -0.450. The van der Waals surface area contributed by atoms with Gasteiger partial charge in [0.05, 0.1) is 5.01 Å². The van der Waals surface area contributed by atoms with Crippen molar-refractivity contribution in [2.75, 3.05) is 20.3 Å². The molecule has 0 bridgehead atoms. The Bertz CT molecular complexity index is 405. The van der Waals surface area contributed by atoms with Gasteiger partial charge in [0.2, 0.25) is 0 Å². The van der Waals surface area contributed by atoms with Gasteiger partial charge in [-0.3, -0.25) is 0 Å². The minimum atomic E-state index is 0.166. The molecule has 1 N–H and O–H groups in total. The van der Waals surface area contributed by atoms with Gasteiger partial charge in [-0.25, -0.2) is 4.98 Å². The third-order valence-electron chi connectivity index (χ3n) is 3.79. The van der Waals surface area contributed by atoms with Crippen LogP contribution in [0.25, 0.3) is 0 Å². The molecule has 19 heavy (non-hydrogen) atoms. The predicted octanol–water partition coefficient (Wildman–Crippen LogP) is 3.35. The van der Waals surface area contributed by atoms with E-state index in [0.717, 1.165) is 19.7 Å². The monoisotopic (exact) mass is 282 g/mol. The van der Waals surface area contributed by atoms with Crippen molar-refractivity contribution >= 4 is 11.3 Å². The maximum absolute atomic E-state index is 5.19. The lowest BCUT2D eigenvalue weighted by atomic mass is 9.98. The highest BCUT2D eigenvalue weighted by Crippen LogP contribution is 2.48. The summed E-state index contributed by atoms with van der Waals surface area (Å²) in [4.78, 5) is 5.87. The van der Waals surface area contributed by atoms with Gasteiger partial charge in [-0.15, -0.1) is 11.3 Å². The maximum atomic E-state index is 5.19. The molecule has 0 unspecified atom stereocenters. The largest absolute Gasteiger partial charge is 0.385 e. The van der Waals surface area contributed by atoms with Crippen molar-refractivity contribution in [2.24, 2.45) is 5.41 Å². The summed E-state index contributed by atoms with van der Waals surface area (Å²) in [7, 11) is 1.79. The van der Waals surface area contributed by atoms with Crippen molar-refractivity contribution in [3.8, 4) is 0 Å². The highest BCUT2D eigenvalue weighted by Gasteiger charge is 2.41. The fraction of sp³-hybridized carbons (Fsp3) is 0.800.